The molecule has 1 saturated heterocycles. The summed E-state index contributed by atoms with van der Waals surface area (Å²) < 4.78 is 22.7. The summed E-state index contributed by atoms with van der Waals surface area (Å²) in [6, 6.07) is 3.32. The van der Waals surface area contributed by atoms with Crippen LogP contribution in [0.4, 0.5) is 11.4 Å². The quantitative estimate of drug-likeness (QED) is 0.644. The minimum Gasteiger partial charge on any atom is -0.397 e. The van der Waals surface area contributed by atoms with E-state index in [2.05, 4.69) is 9.97 Å². The van der Waals surface area contributed by atoms with Gasteiger partial charge in [-0.1, -0.05) is 0 Å². The number of nitrogen functional groups attached to an aromatic ring is 1. The molecule has 0 aliphatic carbocycles. The minimum atomic E-state index is -3.75. The zero-order valence-electron chi connectivity index (χ0n) is 10.4. The summed E-state index contributed by atoms with van der Waals surface area (Å²) in [5.41, 5.74) is 8.16. The number of imidazole rings is 1. The Balaban J connectivity index is 2.03. The number of fused-ring (bicyclic) bond motifs is 1. The van der Waals surface area contributed by atoms with Crippen molar-refractivity contribution in [3.63, 3.8) is 0 Å². The summed E-state index contributed by atoms with van der Waals surface area (Å²) in [5, 5.41) is 4.20. The average Bonchev–Trinajstić information content (AvgIpc) is 2.93. The fourth-order valence-electron chi connectivity index (χ4n) is 2.35. The molecule has 1 aromatic heterocycles. The number of nitrogens with zero attached hydrogens (tertiary/aromatic N) is 2. The van der Waals surface area contributed by atoms with Crippen LogP contribution < -0.4 is 15.8 Å². The summed E-state index contributed by atoms with van der Waals surface area (Å²) in [6.45, 7) is 0.0117. The molecule has 0 saturated carbocycles. The van der Waals surface area contributed by atoms with Crippen molar-refractivity contribution in [2.45, 2.75) is 11.7 Å². The number of hydrogen-bond donors (Lipinski definition) is 3. The van der Waals surface area contributed by atoms with Gasteiger partial charge in [0, 0.05) is 13.0 Å². The number of benzene rings is 1. The van der Waals surface area contributed by atoms with E-state index in [4.69, 9.17) is 10.9 Å². The first kappa shape index (κ1) is 12.9. The van der Waals surface area contributed by atoms with Crippen molar-refractivity contribution in [1.82, 2.24) is 9.97 Å². The van der Waals surface area contributed by atoms with Crippen molar-refractivity contribution < 1.29 is 13.2 Å². The van der Waals surface area contributed by atoms with Gasteiger partial charge < -0.3 is 15.6 Å². The number of primary sulfonamides is 1. The number of aromatic amines is 1. The third-order valence-corrected chi connectivity index (χ3v) is 4.66. The van der Waals surface area contributed by atoms with Gasteiger partial charge in [0.25, 0.3) is 0 Å². The van der Waals surface area contributed by atoms with Gasteiger partial charge >= 0.3 is 0 Å². The van der Waals surface area contributed by atoms with Crippen LogP contribution in [-0.4, -0.2) is 36.1 Å². The summed E-state index contributed by atoms with van der Waals surface area (Å²) in [5.74, 6) is -0.314. The standard InChI is InChI=1S/C11H13N5O3S/c12-7-2-8-9(15-5-14-8)3-10(7)16-4-6(1-11(16)17)20(13,18)19/h2-3,5-6H,1,4,12H2,(H,14,15)(H2,13,18,19). The predicted octanol–water partition coefficient (Wildman–Crippen LogP) is -0.461. The Kier molecular flexibility index (Phi) is 2.69. The molecule has 0 radical (unpaired) electrons. The minimum absolute atomic E-state index is 0.0117. The van der Waals surface area contributed by atoms with Crippen LogP contribution in [0, 0.1) is 0 Å². The zero-order valence-corrected chi connectivity index (χ0v) is 11.2. The maximum Gasteiger partial charge on any atom is 0.228 e. The molecule has 1 fully saturated rings. The molecule has 1 amide bonds. The summed E-state index contributed by atoms with van der Waals surface area (Å²) in [7, 11) is -3.75. The molecule has 106 valence electrons. The zero-order chi connectivity index (χ0) is 14.5. The van der Waals surface area contributed by atoms with Crippen LogP contribution in [0.3, 0.4) is 0 Å². The molecule has 9 heteroatoms. The van der Waals surface area contributed by atoms with E-state index in [9.17, 15) is 13.2 Å². The lowest BCUT2D eigenvalue weighted by Gasteiger charge is -2.18. The molecule has 8 nitrogen and oxygen atoms in total. The highest BCUT2D eigenvalue weighted by molar-refractivity contribution is 7.89. The topological polar surface area (TPSA) is 135 Å². The van der Waals surface area contributed by atoms with Gasteiger partial charge in [-0.3, -0.25) is 4.79 Å². The van der Waals surface area contributed by atoms with E-state index in [1.165, 1.54) is 11.2 Å². The number of rotatable bonds is 2. The summed E-state index contributed by atoms with van der Waals surface area (Å²) in [4.78, 5) is 20.3. The van der Waals surface area contributed by atoms with Crippen LogP contribution in [0.5, 0.6) is 0 Å². The van der Waals surface area contributed by atoms with Crippen molar-refractivity contribution in [3.05, 3.63) is 18.5 Å². The second kappa shape index (κ2) is 4.18. The van der Waals surface area contributed by atoms with Gasteiger partial charge in [0.1, 0.15) is 5.25 Å². The Morgan fingerprint density at radius 2 is 2.15 bits per heavy atom. The number of nitrogens with one attached hydrogen (secondary N) is 1. The number of amides is 1. The Labute approximate surface area is 114 Å². The summed E-state index contributed by atoms with van der Waals surface area (Å²) in [6.07, 6.45) is 1.39. The van der Waals surface area contributed by atoms with Crippen molar-refractivity contribution in [1.29, 1.82) is 0 Å². The number of carbonyl (C=O) groups is 1. The fraction of sp³-hybridized carbons (Fsp3) is 0.273. The predicted molar refractivity (Wildman–Crippen MR) is 74.4 cm³/mol. The second-order valence-electron chi connectivity index (χ2n) is 4.75. The normalized spacial score (nSPS) is 19.9. The number of H-pyrrole nitrogens is 1. The summed E-state index contributed by atoms with van der Waals surface area (Å²) >= 11 is 0. The van der Waals surface area contributed by atoms with E-state index >= 15 is 0 Å². The first-order valence-corrected chi connectivity index (χ1v) is 7.52. The van der Waals surface area contributed by atoms with Gasteiger partial charge in [-0.05, 0) is 12.1 Å². The molecule has 3 rings (SSSR count). The number of sulfonamides is 1. The van der Waals surface area contributed by atoms with E-state index < -0.39 is 15.3 Å². The van der Waals surface area contributed by atoms with Crippen LogP contribution in [0.2, 0.25) is 0 Å². The first-order chi connectivity index (χ1) is 9.36. The molecular formula is C11H13N5O3S. The highest BCUT2D eigenvalue weighted by atomic mass is 32.2. The highest BCUT2D eigenvalue weighted by Gasteiger charge is 2.37. The van der Waals surface area contributed by atoms with Crippen LogP contribution in [0.15, 0.2) is 18.5 Å². The van der Waals surface area contributed by atoms with Gasteiger partial charge in [-0.15, -0.1) is 0 Å². The Hall–Kier alpha value is -2.13. The van der Waals surface area contributed by atoms with E-state index in [0.29, 0.717) is 16.9 Å². The fourth-order valence-corrected chi connectivity index (χ4v) is 3.08. The van der Waals surface area contributed by atoms with Crippen molar-refractivity contribution in [3.8, 4) is 0 Å². The van der Waals surface area contributed by atoms with E-state index in [0.717, 1.165) is 5.52 Å². The maximum atomic E-state index is 12.0. The Morgan fingerprint density at radius 1 is 1.40 bits per heavy atom. The smallest absolute Gasteiger partial charge is 0.228 e. The molecule has 1 aliphatic heterocycles. The molecule has 1 aliphatic rings. The molecule has 20 heavy (non-hydrogen) atoms. The molecule has 2 heterocycles. The largest absolute Gasteiger partial charge is 0.397 e. The van der Waals surface area contributed by atoms with Crippen LogP contribution >= 0.6 is 0 Å². The molecule has 0 bridgehead atoms. The van der Waals surface area contributed by atoms with Gasteiger partial charge in [0.2, 0.25) is 15.9 Å². The van der Waals surface area contributed by atoms with Gasteiger partial charge in [0.15, 0.2) is 0 Å². The average molecular weight is 295 g/mol. The van der Waals surface area contributed by atoms with Gasteiger partial charge in [-0.25, -0.2) is 18.5 Å². The van der Waals surface area contributed by atoms with Crippen LogP contribution in [-0.2, 0) is 14.8 Å². The van der Waals surface area contributed by atoms with E-state index in [1.54, 1.807) is 12.1 Å². The van der Waals surface area contributed by atoms with E-state index in [1.807, 2.05) is 0 Å². The van der Waals surface area contributed by atoms with E-state index in [-0.39, 0.29) is 18.9 Å². The highest BCUT2D eigenvalue weighted by Crippen LogP contribution is 2.31. The third kappa shape index (κ3) is 2.00. The maximum absolute atomic E-state index is 12.0. The van der Waals surface area contributed by atoms with Crippen molar-refractivity contribution in [2.24, 2.45) is 5.14 Å². The SMILES string of the molecule is Nc1cc2[nH]cnc2cc1N1CC(S(N)(=O)=O)CC1=O. The lowest BCUT2D eigenvalue weighted by Crippen LogP contribution is -2.32. The molecule has 1 aromatic carbocycles. The number of carbonyl (C=O) groups excluding carboxylic acids is 1. The van der Waals surface area contributed by atoms with Gasteiger partial charge in [-0.2, -0.15) is 0 Å². The van der Waals surface area contributed by atoms with Crippen molar-refractivity contribution in [2.75, 3.05) is 17.2 Å². The number of aromatic nitrogens is 2. The number of nitrogens with two attached hydrogens (primary N) is 2. The Morgan fingerprint density at radius 3 is 2.80 bits per heavy atom. The monoisotopic (exact) mass is 295 g/mol. The molecule has 5 N–H and O–H groups in total. The molecule has 1 unspecified atom stereocenters. The molecule has 2 aromatic rings. The molecule has 1 atom stereocenters. The lowest BCUT2D eigenvalue weighted by atomic mass is 10.2. The van der Waals surface area contributed by atoms with Crippen LogP contribution in [0.1, 0.15) is 6.42 Å². The van der Waals surface area contributed by atoms with Crippen LogP contribution in [0.25, 0.3) is 11.0 Å². The lowest BCUT2D eigenvalue weighted by molar-refractivity contribution is -0.117. The molecule has 0 spiro atoms. The number of hydrogen-bond acceptors (Lipinski definition) is 5. The molecular weight excluding hydrogens is 282 g/mol. The van der Waals surface area contributed by atoms with Gasteiger partial charge in [0.05, 0.1) is 28.7 Å². The van der Waals surface area contributed by atoms with Crippen molar-refractivity contribution >= 4 is 38.3 Å². The first-order valence-electron chi connectivity index (χ1n) is 5.91. The third-order valence-electron chi connectivity index (χ3n) is 3.41. The second-order valence-corrected chi connectivity index (χ2v) is 6.59. The number of anilines is 2. The Bertz CT molecular complexity index is 797.